The van der Waals surface area contributed by atoms with Crippen LogP contribution in [0.25, 0.3) is 5.65 Å². The second-order valence-electron chi connectivity index (χ2n) is 6.22. The molecule has 4 N–H and O–H groups in total. The lowest BCUT2D eigenvalue weighted by atomic mass is 10.2. The molecule has 0 spiro atoms. The van der Waals surface area contributed by atoms with E-state index in [0.717, 1.165) is 11.3 Å². The first-order valence-electron chi connectivity index (χ1n) is 8.72. The monoisotopic (exact) mass is 384 g/mol. The van der Waals surface area contributed by atoms with Crippen molar-refractivity contribution in [1.29, 1.82) is 5.26 Å². The van der Waals surface area contributed by atoms with Gasteiger partial charge in [0.2, 0.25) is 0 Å². The van der Waals surface area contributed by atoms with Gasteiger partial charge in [0.25, 0.3) is 5.91 Å². The highest BCUT2D eigenvalue weighted by Gasteiger charge is 2.11. The van der Waals surface area contributed by atoms with Gasteiger partial charge >= 0.3 is 0 Å². The Hall–Kier alpha value is -4.45. The number of pyridine rings is 1. The average Bonchev–Trinajstić information content (AvgIpc) is 3.16. The SMILES string of the molecule is N#Cc1cn2cc(C(=O)Nc3cccc(CNc4cccnc4N)c3)ncc2n1. The number of aromatic nitrogens is 4. The Morgan fingerprint density at radius 1 is 1.21 bits per heavy atom. The zero-order valence-corrected chi connectivity index (χ0v) is 15.2. The number of nitrogen functional groups attached to an aromatic ring is 1. The quantitative estimate of drug-likeness (QED) is 0.481. The summed E-state index contributed by atoms with van der Waals surface area (Å²) < 4.78 is 1.60. The molecule has 4 rings (SSSR count). The third-order valence-corrected chi connectivity index (χ3v) is 4.19. The van der Waals surface area contributed by atoms with Crippen LogP contribution in [0.2, 0.25) is 0 Å². The first kappa shape index (κ1) is 17.9. The predicted molar refractivity (Wildman–Crippen MR) is 108 cm³/mol. The van der Waals surface area contributed by atoms with E-state index in [2.05, 4.69) is 25.6 Å². The number of nitriles is 1. The van der Waals surface area contributed by atoms with Crippen LogP contribution < -0.4 is 16.4 Å². The summed E-state index contributed by atoms with van der Waals surface area (Å²) in [5, 5.41) is 15.0. The van der Waals surface area contributed by atoms with Gasteiger partial charge in [-0.3, -0.25) is 4.79 Å². The summed E-state index contributed by atoms with van der Waals surface area (Å²) in [5.74, 6) is 0.0678. The standard InChI is InChI=1S/C20H16N8O/c21-8-15-11-28-12-17(25-10-18(28)26-15)20(29)27-14-4-1-3-13(7-14)9-24-16-5-2-6-23-19(16)22/h1-7,10-12,24H,9H2,(H2,22,23)(H,27,29). The molecule has 9 heteroatoms. The number of fused-ring (bicyclic) bond motifs is 1. The number of nitrogens with two attached hydrogens (primary N) is 1. The number of rotatable bonds is 5. The van der Waals surface area contributed by atoms with Gasteiger partial charge in [-0.2, -0.15) is 5.26 Å². The van der Waals surface area contributed by atoms with Crippen LogP contribution in [0.1, 0.15) is 21.7 Å². The number of imidazole rings is 1. The van der Waals surface area contributed by atoms with Crippen molar-refractivity contribution >= 4 is 28.7 Å². The smallest absolute Gasteiger partial charge is 0.275 e. The van der Waals surface area contributed by atoms with Crippen LogP contribution in [0.5, 0.6) is 0 Å². The van der Waals surface area contributed by atoms with Crippen LogP contribution in [0.15, 0.2) is 61.2 Å². The van der Waals surface area contributed by atoms with Crippen LogP contribution in [0, 0.1) is 11.3 Å². The molecule has 0 unspecified atom stereocenters. The Labute approximate surface area is 165 Å². The lowest BCUT2D eigenvalue weighted by molar-refractivity contribution is 0.102. The topological polar surface area (TPSA) is 134 Å². The lowest BCUT2D eigenvalue weighted by Crippen LogP contribution is -2.14. The average molecular weight is 384 g/mol. The van der Waals surface area contributed by atoms with E-state index in [1.54, 1.807) is 28.9 Å². The van der Waals surface area contributed by atoms with Crippen LogP contribution in [0.3, 0.4) is 0 Å². The Balaban J connectivity index is 1.46. The zero-order chi connectivity index (χ0) is 20.2. The summed E-state index contributed by atoms with van der Waals surface area (Å²) >= 11 is 0. The van der Waals surface area contributed by atoms with Crippen molar-refractivity contribution < 1.29 is 4.79 Å². The van der Waals surface area contributed by atoms with Crippen molar-refractivity contribution in [3.63, 3.8) is 0 Å². The molecule has 0 atom stereocenters. The van der Waals surface area contributed by atoms with Crippen molar-refractivity contribution in [2.45, 2.75) is 6.54 Å². The van der Waals surface area contributed by atoms with E-state index >= 15 is 0 Å². The molecule has 3 aromatic heterocycles. The minimum atomic E-state index is -0.360. The molecule has 0 saturated heterocycles. The Morgan fingerprint density at radius 3 is 2.93 bits per heavy atom. The lowest BCUT2D eigenvalue weighted by Gasteiger charge is -2.10. The van der Waals surface area contributed by atoms with E-state index in [9.17, 15) is 4.79 Å². The first-order chi connectivity index (χ1) is 14.1. The molecule has 9 nitrogen and oxygen atoms in total. The zero-order valence-electron chi connectivity index (χ0n) is 15.2. The fourth-order valence-corrected chi connectivity index (χ4v) is 2.79. The van der Waals surface area contributed by atoms with Gasteiger partial charge in [0, 0.05) is 30.8 Å². The van der Waals surface area contributed by atoms with Gasteiger partial charge in [0.15, 0.2) is 11.3 Å². The van der Waals surface area contributed by atoms with Crippen LogP contribution in [0.4, 0.5) is 17.2 Å². The van der Waals surface area contributed by atoms with Gasteiger partial charge in [-0.1, -0.05) is 12.1 Å². The number of amides is 1. The maximum absolute atomic E-state index is 12.6. The summed E-state index contributed by atoms with van der Waals surface area (Å²) in [5.41, 5.74) is 9.16. The summed E-state index contributed by atoms with van der Waals surface area (Å²) in [6, 6.07) is 13.1. The van der Waals surface area contributed by atoms with Crippen molar-refractivity contribution in [2.75, 3.05) is 16.4 Å². The van der Waals surface area contributed by atoms with E-state index in [0.29, 0.717) is 23.7 Å². The molecule has 0 fully saturated rings. The molecule has 0 aliphatic rings. The summed E-state index contributed by atoms with van der Waals surface area (Å²) in [6.07, 6.45) is 6.17. The van der Waals surface area contributed by atoms with Crippen molar-refractivity contribution in [3.8, 4) is 6.07 Å². The Bertz CT molecular complexity index is 1240. The van der Waals surface area contributed by atoms with Crippen molar-refractivity contribution in [1.82, 2.24) is 19.4 Å². The number of carbonyl (C=O) groups excluding carboxylic acids is 1. The minimum Gasteiger partial charge on any atom is -0.382 e. The third kappa shape index (κ3) is 3.96. The van der Waals surface area contributed by atoms with Gasteiger partial charge in [-0.25, -0.2) is 15.0 Å². The van der Waals surface area contributed by atoms with Gasteiger partial charge < -0.3 is 20.8 Å². The number of anilines is 3. The van der Waals surface area contributed by atoms with Crippen LogP contribution >= 0.6 is 0 Å². The van der Waals surface area contributed by atoms with Gasteiger partial charge in [-0.15, -0.1) is 0 Å². The van der Waals surface area contributed by atoms with Gasteiger partial charge in [0.1, 0.15) is 17.6 Å². The molecule has 0 bridgehead atoms. The molecule has 0 aliphatic carbocycles. The third-order valence-electron chi connectivity index (χ3n) is 4.19. The van der Waals surface area contributed by atoms with Crippen LogP contribution in [-0.2, 0) is 6.54 Å². The Morgan fingerprint density at radius 2 is 2.10 bits per heavy atom. The highest BCUT2D eigenvalue weighted by atomic mass is 16.1. The maximum atomic E-state index is 12.6. The van der Waals surface area contributed by atoms with E-state index in [4.69, 9.17) is 11.0 Å². The second kappa shape index (κ2) is 7.66. The van der Waals surface area contributed by atoms with E-state index in [1.165, 1.54) is 12.4 Å². The van der Waals surface area contributed by atoms with E-state index < -0.39 is 0 Å². The van der Waals surface area contributed by atoms with Crippen molar-refractivity contribution in [3.05, 3.63) is 78.1 Å². The summed E-state index contributed by atoms with van der Waals surface area (Å²) in [4.78, 5) is 24.8. The number of nitrogens with one attached hydrogen (secondary N) is 2. The minimum absolute atomic E-state index is 0.214. The summed E-state index contributed by atoms with van der Waals surface area (Å²) in [6.45, 7) is 0.524. The van der Waals surface area contributed by atoms with Crippen LogP contribution in [-0.4, -0.2) is 25.3 Å². The maximum Gasteiger partial charge on any atom is 0.275 e. The molecular formula is C20H16N8O. The molecular weight excluding hydrogens is 368 g/mol. The molecule has 142 valence electrons. The van der Waals surface area contributed by atoms with E-state index in [1.807, 2.05) is 30.3 Å². The van der Waals surface area contributed by atoms with E-state index in [-0.39, 0.29) is 17.3 Å². The molecule has 0 aliphatic heterocycles. The first-order valence-corrected chi connectivity index (χ1v) is 8.72. The molecule has 4 aromatic rings. The largest absolute Gasteiger partial charge is 0.382 e. The van der Waals surface area contributed by atoms with Crippen molar-refractivity contribution in [2.24, 2.45) is 0 Å². The fourth-order valence-electron chi connectivity index (χ4n) is 2.79. The molecule has 0 saturated carbocycles. The second-order valence-corrected chi connectivity index (χ2v) is 6.22. The summed E-state index contributed by atoms with van der Waals surface area (Å²) in [7, 11) is 0. The Kier molecular flexibility index (Phi) is 4.74. The highest BCUT2D eigenvalue weighted by Crippen LogP contribution is 2.17. The number of carbonyl (C=O) groups is 1. The number of nitrogens with zero attached hydrogens (tertiary/aromatic N) is 5. The normalized spacial score (nSPS) is 10.4. The predicted octanol–water partition coefficient (Wildman–Crippen LogP) is 2.44. The number of hydrogen-bond donors (Lipinski definition) is 3. The molecule has 0 radical (unpaired) electrons. The highest BCUT2D eigenvalue weighted by molar-refractivity contribution is 6.02. The fraction of sp³-hybridized carbons (Fsp3) is 0.0500. The molecule has 1 amide bonds. The molecule has 3 heterocycles. The van der Waals surface area contributed by atoms with Gasteiger partial charge in [-0.05, 0) is 29.8 Å². The van der Waals surface area contributed by atoms with Gasteiger partial charge in [0.05, 0.1) is 11.9 Å². The number of hydrogen-bond acceptors (Lipinski definition) is 7. The molecule has 29 heavy (non-hydrogen) atoms. The molecule has 1 aromatic carbocycles. The number of benzene rings is 1.